The zero-order chi connectivity index (χ0) is 13.8. The molecule has 100 valence electrons. The average Bonchev–Trinajstić information content (AvgIpc) is 2.36. The van der Waals surface area contributed by atoms with Gasteiger partial charge in [-0.25, -0.2) is 0 Å². The van der Waals surface area contributed by atoms with Gasteiger partial charge in [0.15, 0.2) is 10.7 Å². The highest BCUT2D eigenvalue weighted by molar-refractivity contribution is 7.71. The summed E-state index contributed by atoms with van der Waals surface area (Å²) in [5.41, 5.74) is 0.535. The lowest BCUT2D eigenvalue weighted by atomic mass is 10.2. The predicted octanol–water partition coefficient (Wildman–Crippen LogP) is 2.06. The van der Waals surface area contributed by atoms with E-state index in [1.54, 1.807) is 0 Å². The SMILES string of the molecule is CCOc1ccc(Cn2c(O)cc(=O)[nH]c2=S)cc1. The van der Waals surface area contributed by atoms with Crippen LogP contribution < -0.4 is 10.3 Å². The molecule has 5 nitrogen and oxygen atoms in total. The second-order valence-electron chi connectivity index (χ2n) is 3.96. The first kappa shape index (κ1) is 13.4. The lowest BCUT2D eigenvalue weighted by Gasteiger charge is -2.09. The van der Waals surface area contributed by atoms with Gasteiger partial charge < -0.3 is 9.84 Å². The van der Waals surface area contributed by atoms with Crippen molar-refractivity contribution in [1.82, 2.24) is 9.55 Å². The minimum Gasteiger partial charge on any atom is -0.494 e. The van der Waals surface area contributed by atoms with Crippen LogP contribution in [0.25, 0.3) is 0 Å². The number of aromatic nitrogens is 2. The van der Waals surface area contributed by atoms with E-state index in [2.05, 4.69) is 4.98 Å². The zero-order valence-corrected chi connectivity index (χ0v) is 11.2. The molecule has 0 aliphatic rings. The van der Waals surface area contributed by atoms with Gasteiger partial charge in [0.05, 0.1) is 19.2 Å². The summed E-state index contributed by atoms with van der Waals surface area (Å²) in [6.07, 6.45) is 0. The Morgan fingerprint density at radius 2 is 2.05 bits per heavy atom. The van der Waals surface area contributed by atoms with Crippen LogP contribution in [0.2, 0.25) is 0 Å². The molecule has 0 unspecified atom stereocenters. The Balaban J connectivity index is 2.26. The molecule has 2 N–H and O–H groups in total. The quantitative estimate of drug-likeness (QED) is 0.840. The third kappa shape index (κ3) is 3.23. The van der Waals surface area contributed by atoms with Gasteiger partial charge in [0.25, 0.3) is 5.56 Å². The average molecular weight is 278 g/mol. The van der Waals surface area contributed by atoms with Gasteiger partial charge in [-0.05, 0) is 36.8 Å². The summed E-state index contributed by atoms with van der Waals surface area (Å²) < 4.78 is 6.99. The second-order valence-corrected chi connectivity index (χ2v) is 4.35. The number of aromatic amines is 1. The van der Waals surface area contributed by atoms with Crippen LogP contribution in [-0.4, -0.2) is 21.3 Å². The maximum atomic E-state index is 11.1. The molecule has 0 amide bonds. The van der Waals surface area contributed by atoms with E-state index in [1.807, 2.05) is 31.2 Å². The van der Waals surface area contributed by atoms with E-state index in [-0.39, 0.29) is 10.7 Å². The topological polar surface area (TPSA) is 67.2 Å². The minimum atomic E-state index is -0.412. The molecule has 0 fully saturated rings. The van der Waals surface area contributed by atoms with Gasteiger partial charge in [-0.15, -0.1) is 0 Å². The smallest absolute Gasteiger partial charge is 0.255 e. The summed E-state index contributed by atoms with van der Waals surface area (Å²) in [6, 6.07) is 8.58. The maximum Gasteiger partial charge on any atom is 0.255 e. The molecule has 0 saturated carbocycles. The van der Waals surface area contributed by atoms with E-state index in [9.17, 15) is 9.90 Å². The van der Waals surface area contributed by atoms with E-state index >= 15 is 0 Å². The Morgan fingerprint density at radius 3 is 2.63 bits per heavy atom. The molecule has 0 bridgehead atoms. The number of nitrogens with one attached hydrogen (secondary N) is 1. The molecule has 0 atom stereocenters. The van der Waals surface area contributed by atoms with Gasteiger partial charge in [0.1, 0.15) is 5.75 Å². The van der Waals surface area contributed by atoms with Gasteiger partial charge >= 0.3 is 0 Å². The molecule has 2 rings (SSSR count). The van der Waals surface area contributed by atoms with Crippen LogP contribution in [0.5, 0.6) is 11.6 Å². The van der Waals surface area contributed by atoms with Crippen molar-refractivity contribution in [3.63, 3.8) is 0 Å². The first-order valence-electron chi connectivity index (χ1n) is 5.85. The second kappa shape index (κ2) is 5.71. The molecule has 0 aliphatic carbocycles. The summed E-state index contributed by atoms with van der Waals surface area (Å²) >= 11 is 5.02. The van der Waals surface area contributed by atoms with Crippen LogP contribution in [-0.2, 0) is 6.54 Å². The summed E-state index contributed by atoms with van der Waals surface area (Å²) in [7, 11) is 0. The maximum absolute atomic E-state index is 11.1. The molecule has 0 radical (unpaired) electrons. The van der Waals surface area contributed by atoms with E-state index in [4.69, 9.17) is 17.0 Å². The fourth-order valence-electron chi connectivity index (χ4n) is 1.70. The monoisotopic (exact) mass is 278 g/mol. The number of ether oxygens (including phenoxy) is 1. The molecule has 19 heavy (non-hydrogen) atoms. The Kier molecular flexibility index (Phi) is 4.01. The van der Waals surface area contributed by atoms with Crippen molar-refractivity contribution >= 4 is 12.2 Å². The number of hydrogen-bond donors (Lipinski definition) is 2. The van der Waals surface area contributed by atoms with Crippen molar-refractivity contribution in [3.05, 3.63) is 51.0 Å². The largest absolute Gasteiger partial charge is 0.494 e. The van der Waals surface area contributed by atoms with Crippen LogP contribution in [0.1, 0.15) is 12.5 Å². The lowest BCUT2D eigenvalue weighted by Crippen LogP contribution is -2.12. The first-order chi connectivity index (χ1) is 9.10. The van der Waals surface area contributed by atoms with Crippen LogP contribution in [0, 0.1) is 4.77 Å². The molecule has 1 aromatic carbocycles. The van der Waals surface area contributed by atoms with Gasteiger partial charge in [0.2, 0.25) is 0 Å². The van der Waals surface area contributed by atoms with E-state index in [0.717, 1.165) is 17.4 Å². The van der Waals surface area contributed by atoms with Crippen molar-refractivity contribution in [2.24, 2.45) is 0 Å². The number of nitrogens with zero attached hydrogens (tertiary/aromatic N) is 1. The van der Waals surface area contributed by atoms with Crippen molar-refractivity contribution in [2.45, 2.75) is 13.5 Å². The third-order valence-corrected chi connectivity index (χ3v) is 2.91. The molecule has 1 heterocycles. The molecule has 1 aromatic heterocycles. The normalized spacial score (nSPS) is 10.4. The molecular weight excluding hydrogens is 264 g/mol. The van der Waals surface area contributed by atoms with Crippen LogP contribution in [0.15, 0.2) is 35.1 Å². The summed E-state index contributed by atoms with van der Waals surface area (Å²) in [5, 5.41) is 9.72. The number of rotatable bonds is 4. The number of hydrogen-bond acceptors (Lipinski definition) is 4. The summed E-state index contributed by atoms with van der Waals surface area (Å²) in [5.74, 6) is 0.642. The molecule has 2 aromatic rings. The summed E-state index contributed by atoms with van der Waals surface area (Å²) in [6.45, 7) is 2.92. The number of benzene rings is 1. The summed E-state index contributed by atoms with van der Waals surface area (Å²) in [4.78, 5) is 13.6. The van der Waals surface area contributed by atoms with Gasteiger partial charge in [-0.2, -0.15) is 0 Å². The highest BCUT2D eigenvalue weighted by Crippen LogP contribution is 2.15. The van der Waals surface area contributed by atoms with Gasteiger partial charge in [-0.3, -0.25) is 14.3 Å². The van der Waals surface area contributed by atoms with Gasteiger partial charge in [-0.1, -0.05) is 12.1 Å². The highest BCUT2D eigenvalue weighted by Gasteiger charge is 2.03. The van der Waals surface area contributed by atoms with Crippen molar-refractivity contribution in [1.29, 1.82) is 0 Å². The number of aromatic hydroxyl groups is 1. The van der Waals surface area contributed by atoms with Crippen molar-refractivity contribution in [2.75, 3.05) is 6.61 Å². The molecule has 0 aliphatic heterocycles. The predicted molar refractivity (Wildman–Crippen MR) is 74.3 cm³/mol. The standard InChI is InChI=1S/C13H14N2O3S/c1-2-18-10-5-3-9(4-6-10)8-15-12(17)7-11(16)14-13(15)19/h3-7,17H,2,8H2,1H3,(H,14,16,19). The van der Waals surface area contributed by atoms with Crippen LogP contribution in [0.3, 0.4) is 0 Å². The Hall–Kier alpha value is -2.08. The highest BCUT2D eigenvalue weighted by atomic mass is 32.1. The van der Waals surface area contributed by atoms with E-state index < -0.39 is 5.56 Å². The molecule has 0 spiro atoms. The Morgan fingerprint density at radius 1 is 1.37 bits per heavy atom. The van der Waals surface area contributed by atoms with E-state index in [1.165, 1.54) is 4.57 Å². The van der Waals surface area contributed by atoms with Crippen molar-refractivity contribution < 1.29 is 9.84 Å². The molecular formula is C13H14N2O3S. The molecule has 0 saturated heterocycles. The minimum absolute atomic E-state index is 0.150. The van der Waals surface area contributed by atoms with Crippen LogP contribution >= 0.6 is 12.2 Å². The number of H-pyrrole nitrogens is 1. The van der Waals surface area contributed by atoms with E-state index in [0.29, 0.717) is 13.2 Å². The fourth-order valence-corrected chi connectivity index (χ4v) is 1.96. The molecule has 6 heteroatoms. The lowest BCUT2D eigenvalue weighted by molar-refractivity contribution is 0.340. The van der Waals surface area contributed by atoms with Gasteiger partial charge in [0, 0.05) is 0 Å². The zero-order valence-electron chi connectivity index (χ0n) is 10.4. The fraction of sp³-hybridized carbons (Fsp3) is 0.231. The van der Waals surface area contributed by atoms with Crippen molar-refractivity contribution in [3.8, 4) is 11.6 Å². The Bertz CT molecular complexity index is 674. The Labute approximate surface area is 115 Å². The first-order valence-corrected chi connectivity index (χ1v) is 6.26. The third-order valence-electron chi connectivity index (χ3n) is 2.59. The van der Waals surface area contributed by atoms with Crippen LogP contribution in [0.4, 0.5) is 0 Å².